The highest BCUT2D eigenvalue weighted by Crippen LogP contribution is 2.19. The zero-order valence-electron chi connectivity index (χ0n) is 10.9. The van der Waals surface area contributed by atoms with Crippen LogP contribution in [-0.2, 0) is 4.79 Å². The van der Waals surface area contributed by atoms with Gasteiger partial charge >= 0.3 is 0 Å². The highest BCUT2D eigenvalue weighted by Gasteiger charge is 2.01. The number of halogens is 2. The van der Waals surface area contributed by atoms with E-state index in [2.05, 4.69) is 26.5 Å². The van der Waals surface area contributed by atoms with Crippen LogP contribution >= 0.6 is 39.3 Å². The van der Waals surface area contributed by atoms with Gasteiger partial charge in [0.05, 0.1) is 12.0 Å². The highest BCUT2D eigenvalue weighted by molar-refractivity contribution is 9.10. The average molecular weight is 384 g/mol. The van der Waals surface area contributed by atoms with Crippen LogP contribution in [0.25, 0.3) is 0 Å². The molecule has 0 aliphatic carbocycles. The molecule has 0 fully saturated rings. The van der Waals surface area contributed by atoms with Crippen molar-refractivity contribution in [3.63, 3.8) is 0 Å². The molecule has 0 saturated heterocycles. The first-order valence-electron chi connectivity index (χ1n) is 6.09. The van der Waals surface area contributed by atoms with E-state index in [9.17, 15) is 4.79 Å². The third-order valence-corrected chi connectivity index (χ3v) is 4.19. The predicted molar refractivity (Wildman–Crippen MR) is 92.1 cm³/mol. The fraction of sp³-hybridized carbons (Fsp3) is 0.0667. The summed E-state index contributed by atoms with van der Waals surface area (Å²) >= 11 is 10.6. The van der Waals surface area contributed by atoms with E-state index in [1.807, 2.05) is 36.4 Å². The van der Waals surface area contributed by atoms with Crippen molar-refractivity contribution in [2.45, 2.75) is 4.90 Å². The fourth-order valence-corrected chi connectivity index (χ4v) is 2.71. The van der Waals surface area contributed by atoms with E-state index in [1.165, 1.54) is 11.8 Å². The number of nitrogens with zero attached hydrogens (tertiary/aromatic N) is 1. The van der Waals surface area contributed by atoms with Crippen LogP contribution in [0.15, 0.2) is 63.0 Å². The summed E-state index contributed by atoms with van der Waals surface area (Å²) in [6.45, 7) is 0. The number of thioether (sulfide) groups is 1. The quantitative estimate of drug-likeness (QED) is 0.474. The lowest BCUT2D eigenvalue weighted by molar-refractivity contribution is -0.118. The maximum Gasteiger partial charge on any atom is 0.250 e. The smallest absolute Gasteiger partial charge is 0.250 e. The SMILES string of the molecule is O=C(CSc1ccc(Cl)cc1)N/N=C/c1cccc(Br)c1. The Balaban J connectivity index is 1.78. The first kappa shape index (κ1) is 16.1. The summed E-state index contributed by atoms with van der Waals surface area (Å²) in [7, 11) is 0. The van der Waals surface area contributed by atoms with Crippen molar-refractivity contribution >= 4 is 51.4 Å². The number of nitrogens with one attached hydrogen (secondary N) is 1. The molecule has 0 saturated carbocycles. The molecule has 0 aromatic heterocycles. The highest BCUT2D eigenvalue weighted by atomic mass is 79.9. The van der Waals surface area contributed by atoms with E-state index in [0.717, 1.165) is 14.9 Å². The Labute approximate surface area is 140 Å². The number of benzene rings is 2. The first-order valence-corrected chi connectivity index (χ1v) is 8.25. The van der Waals surface area contributed by atoms with Crippen LogP contribution in [0.3, 0.4) is 0 Å². The molecule has 0 aliphatic rings. The van der Waals surface area contributed by atoms with Gasteiger partial charge in [-0.1, -0.05) is 39.7 Å². The lowest BCUT2D eigenvalue weighted by Crippen LogP contribution is -2.19. The minimum Gasteiger partial charge on any atom is -0.272 e. The summed E-state index contributed by atoms with van der Waals surface area (Å²) in [5.41, 5.74) is 3.41. The number of carbonyl (C=O) groups is 1. The van der Waals surface area contributed by atoms with Crippen molar-refractivity contribution in [1.29, 1.82) is 0 Å². The normalized spacial score (nSPS) is 10.8. The van der Waals surface area contributed by atoms with E-state index in [-0.39, 0.29) is 5.91 Å². The zero-order chi connectivity index (χ0) is 15.1. The monoisotopic (exact) mass is 382 g/mol. The third-order valence-electron chi connectivity index (χ3n) is 2.44. The molecule has 2 aromatic carbocycles. The molecule has 2 aromatic rings. The number of hydrogen-bond donors (Lipinski definition) is 1. The van der Waals surface area contributed by atoms with Crippen molar-refractivity contribution in [3.8, 4) is 0 Å². The lowest BCUT2D eigenvalue weighted by Gasteiger charge is -2.01. The molecule has 6 heteroatoms. The molecule has 0 atom stereocenters. The minimum absolute atomic E-state index is 0.152. The number of amides is 1. The van der Waals surface area contributed by atoms with Gasteiger partial charge in [-0.15, -0.1) is 11.8 Å². The van der Waals surface area contributed by atoms with E-state index >= 15 is 0 Å². The van der Waals surface area contributed by atoms with Gasteiger partial charge in [-0.2, -0.15) is 5.10 Å². The van der Waals surface area contributed by atoms with Gasteiger partial charge in [-0.05, 0) is 42.0 Å². The average Bonchev–Trinajstić information content (AvgIpc) is 2.47. The Kier molecular flexibility index (Phi) is 6.29. The first-order chi connectivity index (χ1) is 10.1. The molecule has 1 N–H and O–H groups in total. The van der Waals surface area contributed by atoms with Crippen LogP contribution in [0.5, 0.6) is 0 Å². The van der Waals surface area contributed by atoms with Gasteiger partial charge < -0.3 is 0 Å². The molecule has 0 bridgehead atoms. The van der Waals surface area contributed by atoms with E-state index in [1.54, 1.807) is 18.3 Å². The number of hydrazone groups is 1. The van der Waals surface area contributed by atoms with E-state index in [0.29, 0.717) is 10.8 Å². The second-order valence-corrected chi connectivity index (χ2v) is 6.49. The van der Waals surface area contributed by atoms with Crippen LogP contribution < -0.4 is 5.43 Å². The molecule has 0 heterocycles. The van der Waals surface area contributed by atoms with Gasteiger partial charge in [-0.3, -0.25) is 4.79 Å². The second kappa shape index (κ2) is 8.22. The van der Waals surface area contributed by atoms with Crippen molar-refractivity contribution in [1.82, 2.24) is 5.43 Å². The van der Waals surface area contributed by atoms with Crippen LogP contribution in [-0.4, -0.2) is 17.9 Å². The van der Waals surface area contributed by atoms with Crippen molar-refractivity contribution in [3.05, 3.63) is 63.6 Å². The maximum atomic E-state index is 11.7. The Morgan fingerprint density at radius 3 is 2.76 bits per heavy atom. The zero-order valence-corrected chi connectivity index (χ0v) is 14.1. The Morgan fingerprint density at radius 1 is 1.29 bits per heavy atom. The van der Waals surface area contributed by atoms with Gasteiger partial charge in [0.1, 0.15) is 0 Å². The van der Waals surface area contributed by atoms with Crippen LogP contribution in [0.2, 0.25) is 5.02 Å². The van der Waals surface area contributed by atoms with Gasteiger partial charge in [0, 0.05) is 14.4 Å². The second-order valence-electron chi connectivity index (χ2n) is 4.09. The van der Waals surface area contributed by atoms with Crippen molar-refractivity contribution < 1.29 is 4.79 Å². The molecule has 21 heavy (non-hydrogen) atoms. The number of carbonyl (C=O) groups excluding carboxylic acids is 1. The predicted octanol–water partition coefficient (Wildman–Crippen LogP) is 4.34. The van der Waals surface area contributed by atoms with E-state index in [4.69, 9.17) is 11.6 Å². The molecule has 0 spiro atoms. The summed E-state index contributed by atoms with van der Waals surface area (Å²) in [6, 6.07) is 15.0. The van der Waals surface area contributed by atoms with Gasteiger partial charge in [0.15, 0.2) is 0 Å². The minimum atomic E-state index is -0.152. The summed E-state index contributed by atoms with van der Waals surface area (Å²) < 4.78 is 0.969. The molecule has 1 amide bonds. The number of rotatable bonds is 5. The summed E-state index contributed by atoms with van der Waals surface area (Å²) in [5, 5.41) is 4.61. The molecule has 3 nitrogen and oxygen atoms in total. The van der Waals surface area contributed by atoms with Crippen LogP contribution in [0.1, 0.15) is 5.56 Å². The molecule has 0 aliphatic heterocycles. The van der Waals surface area contributed by atoms with Crippen LogP contribution in [0.4, 0.5) is 0 Å². The summed E-state index contributed by atoms with van der Waals surface area (Å²) in [6.07, 6.45) is 1.61. The number of hydrogen-bond acceptors (Lipinski definition) is 3. The molecular weight excluding hydrogens is 372 g/mol. The Bertz CT molecular complexity index is 646. The summed E-state index contributed by atoms with van der Waals surface area (Å²) in [5.74, 6) is 0.151. The van der Waals surface area contributed by atoms with Crippen molar-refractivity contribution in [2.24, 2.45) is 5.10 Å². The topological polar surface area (TPSA) is 41.5 Å². The maximum absolute atomic E-state index is 11.7. The van der Waals surface area contributed by atoms with Crippen LogP contribution in [0, 0.1) is 0 Å². The standard InChI is InChI=1S/C15H12BrClN2OS/c16-12-3-1-2-11(8-12)9-18-19-15(20)10-21-14-6-4-13(17)5-7-14/h1-9H,10H2,(H,19,20)/b18-9+. The largest absolute Gasteiger partial charge is 0.272 e. The van der Waals surface area contributed by atoms with E-state index < -0.39 is 0 Å². The van der Waals surface area contributed by atoms with Gasteiger partial charge in [-0.25, -0.2) is 5.43 Å². The Morgan fingerprint density at radius 2 is 2.05 bits per heavy atom. The molecular formula is C15H12BrClN2OS. The van der Waals surface area contributed by atoms with Gasteiger partial charge in [0.2, 0.25) is 5.91 Å². The van der Waals surface area contributed by atoms with Crippen molar-refractivity contribution in [2.75, 3.05) is 5.75 Å². The Hall–Kier alpha value is -1.30. The molecule has 108 valence electrons. The lowest BCUT2D eigenvalue weighted by atomic mass is 10.2. The molecule has 0 radical (unpaired) electrons. The van der Waals surface area contributed by atoms with Gasteiger partial charge in [0.25, 0.3) is 0 Å². The third kappa shape index (κ3) is 5.91. The summed E-state index contributed by atoms with van der Waals surface area (Å²) in [4.78, 5) is 12.7. The fourth-order valence-electron chi connectivity index (χ4n) is 1.48. The molecule has 0 unspecified atom stereocenters. The molecule has 2 rings (SSSR count).